The molecule has 1 heterocycles. The van der Waals surface area contributed by atoms with Crippen LogP contribution < -0.4 is 5.73 Å². The van der Waals surface area contributed by atoms with Gasteiger partial charge in [-0.3, -0.25) is 0 Å². The molecule has 2 rings (SSSR count). The molecule has 1 nitrogen and oxygen atoms in total. The molecule has 0 saturated heterocycles. The van der Waals surface area contributed by atoms with Crippen LogP contribution in [0.1, 0.15) is 29.3 Å². The van der Waals surface area contributed by atoms with E-state index in [1.54, 1.807) is 16.9 Å². The zero-order valence-electron chi connectivity index (χ0n) is 6.81. The van der Waals surface area contributed by atoms with E-state index >= 15 is 0 Å². The van der Waals surface area contributed by atoms with Gasteiger partial charge in [0.1, 0.15) is 0 Å². The van der Waals surface area contributed by atoms with E-state index in [1.165, 1.54) is 29.7 Å². The Bertz CT molecular complexity index is 275. The summed E-state index contributed by atoms with van der Waals surface area (Å²) in [6, 6.07) is 0. The fourth-order valence-electron chi connectivity index (χ4n) is 1.86. The topological polar surface area (TPSA) is 26.0 Å². The van der Waals surface area contributed by atoms with Crippen molar-refractivity contribution < 1.29 is 0 Å². The number of aryl methyl sites for hydroxylation is 1. The van der Waals surface area contributed by atoms with E-state index < -0.39 is 0 Å². The molecule has 0 radical (unpaired) electrons. The average Bonchev–Trinajstić information content (AvgIpc) is 2.54. The summed E-state index contributed by atoms with van der Waals surface area (Å²) >= 11 is 1.79. The molecule has 1 aliphatic rings. The Hall–Kier alpha value is -0.500. The minimum atomic E-state index is 1.08. The lowest BCUT2D eigenvalue weighted by Crippen LogP contribution is -1.84. The smallest absolute Gasteiger partial charge is 0.0894 e. The SMILES string of the molecule is CCc1sc(N)c2c1CCC2. The third kappa shape index (κ3) is 0.968. The average molecular weight is 167 g/mol. The van der Waals surface area contributed by atoms with Crippen LogP contribution in [0.2, 0.25) is 0 Å². The molecule has 0 unspecified atom stereocenters. The van der Waals surface area contributed by atoms with Gasteiger partial charge >= 0.3 is 0 Å². The first-order valence-corrected chi connectivity index (χ1v) is 5.03. The van der Waals surface area contributed by atoms with Crippen molar-refractivity contribution in [1.29, 1.82) is 0 Å². The highest BCUT2D eigenvalue weighted by Gasteiger charge is 2.19. The van der Waals surface area contributed by atoms with E-state index in [9.17, 15) is 0 Å². The highest BCUT2D eigenvalue weighted by Crippen LogP contribution is 2.37. The lowest BCUT2D eigenvalue weighted by Gasteiger charge is -1.92. The minimum absolute atomic E-state index is 1.08. The highest BCUT2D eigenvalue weighted by molar-refractivity contribution is 7.16. The summed E-state index contributed by atoms with van der Waals surface area (Å²) in [6.45, 7) is 2.21. The summed E-state index contributed by atoms with van der Waals surface area (Å²) in [6.07, 6.45) is 4.96. The van der Waals surface area contributed by atoms with E-state index in [0.29, 0.717) is 0 Å². The van der Waals surface area contributed by atoms with Crippen LogP contribution in [-0.4, -0.2) is 0 Å². The van der Waals surface area contributed by atoms with Crippen LogP contribution in [0.5, 0.6) is 0 Å². The van der Waals surface area contributed by atoms with Crippen molar-refractivity contribution in [2.24, 2.45) is 0 Å². The lowest BCUT2D eigenvalue weighted by molar-refractivity contribution is 0.906. The maximum atomic E-state index is 5.89. The van der Waals surface area contributed by atoms with Crippen LogP contribution in [0.3, 0.4) is 0 Å². The minimum Gasteiger partial charge on any atom is -0.390 e. The van der Waals surface area contributed by atoms with E-state index in [1.807, 2.05) is 0 Å². The number of fused-ring (bicyclic) bond motifs is 1. The first-order chi connectivity index (χ1) is 5.33. The van der Waals surface area contributed by atoms with Crippen LogP contribution in [0.4, 0.5) is 5.00 Å². The van der Waals surface area contributed by atoms with E-state index in [-0.39, 0.29) is 0 Å². The van der Waals surface area contributed by atoms with Crippen molar-refractivity contribution >= 4 is 16.3 Å². The second-order valence-electron chi connectivity index (χ2n) is 3.05. The number of hydrogen-bond donors (Lipinski definition) is 1. The molecule has 1 aliphatic carbocycles. The quantitative estimate of drug-likeness (QED) is 0.683. The summed E-state index contributed by atoms with van der Waals surface area (Å²) in [4.78, 5) is 1.52. The van der Waals surface area contributed by atoms with E-state index in [2.05, 4.69) is 6.92 Å². The predicted octanol–water partition coefficient (Wildman–Crippen LogP) is 2.38. The molecule has 0 atom stereocenters. The van der Waals surface area contributed by atoms with Crippen LogP contribution in [0.15, 0.2) is 0 Å². The number of thiophene rings is 1. The van der Waals surface area contributed by atoms with Gasteiger partial charge in [-0.05, 0) is 36.8 Å². The van der Waals surface area contributed by atoms with E-state index in [4.69, 9.17) is 5.73 Å². The van der Waals surface area contributed by atoms with Gasteiger partial charge in [-0.25, -0.2) is 0 Å². The van der Waals surface area contributed by atoms with Gasteiger partial charge in [0.2, 0.25) is 0 Å². The molecule has 1 aromatic heterocycles. The number of rotatable bonds is 1. The molecule has 1 aromatic rings. The monoisotopic (exact) mass is 167 g/mol. The Kier molecular flexibility index (Phi) is 1.64. The number of nitrogens with two attached hydrogens (primary N) is 1. The Balaban J connectivity index is 2.52. The maximum Gasteiger partial charge on any atom is 0.0894 e. The maximum absolute atomic E-state index is 5.89. The van der Waals surface area contributed by atoms with Gasteiger partial charge in [0.25, 0.3) is 0 Å². The Morgan fingerprint density at radius 1 is 1.36 bits per heavy atom. The number of anilines is 1. The lowest BCUT2D eigenvalue weighted by atomic mass is 10.1. The molecule has 60 valence electrons. The highest BCUT2D eigenvalue weighted by atomic mass is 32.1. The molecule has 0 aliphatic heterocycles. The molecule has 0 amide bonds. The van der Waals surface area contributed by atoms with Crippen molar-refractivity contribution in [3.63, 3.8) is 0 Å². The van der Waals surface area contributed by atoms with Crippen molar-refractivity contribution in [1.82, 2.24) is 0 Å². The van der Waals surface area contributed by atoms with Crippen molar-refractivity contribution in [2.45, 2.75) is 32.6 Å². The van der Waals surface area contributed by atoms with E-state index in [0.717, 1.165) is 11.4 Å². The standard InChI is InChI=1S/C9H13NS/c1-2-8-6-4-3-5-7(6)9(10)11-8/h2-5,10H2,1H3. The molecule has 0 aromatic carbocycles. The molecular formula is C9H13NS. The van der Waals surface area contributed by atoms with Crippen molar-refractivity contribution in [3.05, 3.63) is 16.0 Å². The molecular weight excluding hydrogens is 154 g/mol. The first kappa shape index (κ1) is 7.17. The third-order valence-corrected chi connectivity index (χ3v) is 3.65. The third-order valence-electron chi connectivity index (χ3n) is 2.41. The van der Waals surface area contributed by atoms with Gasteiger partial charge < -0.3 is 5.73 Å². The molecule has 0 bridgehead atoms. The van der Waals surface area contributed by atoms with Gasteiger partial charge in [0.15, 0.2) is 0 Å². The second kappa shape index (κ2) is 2.52. The summed E-state index contributed by atoms with van der Waals surface area (Å²) in [5, 5.41) is 1.08. The summed E-state index contributed by atoms with van der Waals surface area (Å²) < 4.78 is 0. The van der Waals surface area contributed by atoms with Crippen LogP contribution in [0, 0.1) is 0 Å². The summed E-state index contributed by atoms with van der Waals surface area (Å²) in [7, 11) is 0. The fourth-order valence-corrected chi connectivity index (χ4v) is 2.97. The number of hydrogen-bond acceptors (Lipinski definition) is 2. The molecule has 2 heteroatoms. The Labute approximate surface area is 71.2 Å². The van der Waals surface area contributed by atoms with Gasteiger partial charge in [-0.1, -0.05) is 6.92 Å². The Morgan fingerprint density at radius 3 is 2.82 bits per heavy atom. The van der Waals surface area contributed by atoms with Crippen LogP contribution in [-0.2, 0) is 19.3 Å². The van der Waals surface area contributed by atoms with Gasteiger partial charge in [0, 0.05) is 4.88 Å². The molecule has 11 heavy (non-hydrogen) atoms. The molecule has 2 N–H and O–H groups in total. The largest absolute Gasteiger partial charge is 0.390 e. The zero-order chi connectivity index (χ0) is 7.84. The zero-order valence-corrected chi connectivity index (χ0v) is 7.63. The second-order valence-corrected chi connectivity index (χ2v) is 4.19. The normalized spacial score (nSPS) is 15.4. The molecule has 0 saturated carbocycles. The fraction of sp³-hybridized carbons (Fsp3) is 0.556. The van der Waals surface area contributed by atoms with Gasteiger partial charge in [-0.15, -0.1) is 11.3 Å². The van der Waals surface area contributed by atoms with Crippen molar-refractivity contribution in [3.8, 4) is 0 Å². The van der Waals surface area contributed by atoms with Crippen molar-refractivity contribution in [2.75, 3.05) is 5.73 Å². The van der Waals surface area contributed by atoms with Gasteiger partial charge in [-0.2, -0.15) is 0 Å². The first-order valence-electron chi connectivity index (χ1n) is 4.21. The summed E-state index contributed by atoms with van der Waals surface area (Å²) in [5.41, 5.74) is 8.93. The van der Waals surface area contributed by atoms with Crippen LogP contribution in [0.25, 0.3) is 0 Å². The van der Waals surface area contributed by atoms with Crippen LogP contribution >= 0.6 is 11.3 Å². The number of nitrogen functional groups attached to an aromatic ring is 1. The Morgan fingerprint density at radius 2 is 2.09 bits per heavy atom. The molecule has 0 spiro atoms. The summed E-state index contributed by atoms with van der Waals surface area (Å²) in [5.74, 6) is 0. The predicted molar refractivity (Wildman–Crippen MR) is 50.1 cm³/mol. The molecule has 0 fully saturated rings. The van der Waals surface area contributed by atoms with Gasteiger partial charge in [0.05, 0.1) is 5.00 Å².